The van der Waals surface area contributed by atoms with Crippen molar-refractivity contribution in [3.63, 3.8) is 0 Å². The van der Waals surface area contributed by atoms with Crippen LogP contribution in [0.15, 0.2) is 59.7 Å². The topological polar surface area (TPSA) is 121 Å². The minimum Gasteiger partial charge on any atom is -0.504 e. The van der Waals surface area contributed by atoms with Crippen LogP contribution in [-0.4, -0.2) is 69.2 Å². The van der Waals surface area contributed by atoms with Gasteiger partial charge in [0.05, 0.1) is 35.2 Å². The van der Waals surface area contributed by atoms with E-state index in [1.54, 1.807) is 30.4 Å². The first kappa shape index (κ1) is 30.6. The van der Waals surface area contributed by atoms with Crippen molar-refractivity contribution in [2.45, 2.75) is 32.6 Å². The molecule has 1 aromatic heterocycles. The van der Waals surface area contributed by atoms with E-state index in [1.165, 1.54) is 25.5 Å². The van der Waals surface area contributed by atoms with E-state index in [1.807, 2.05) is 13.8 Å². The molecule has 2 heterocycles. The van der Waals surface area contributed by atoms with Crippen LogP contribution in [0.1, 0.15) is 46.7 Å². The average molecular weight is 567 g/mol. The molecule has 2 amide bonds. The molecule has 0 atom stereocenters. The van der Waals surface area contributed by atoms with Gasteiger partial charge < -0.3 is 25.3 Å². The molecule has 1 aromatic carbocycles. The number of likely N-dealkylation sites (N-methyl/N-ethyl adjacent to an activating group) is 1. The monoisotopic (exact) mass is 566 g/mol. The molecule has 2 aromatic rings. The number of allylic oxidation sites excluding steroid dienone is 3. The number of carbonyl (C=O) groups is 2. The van der Waals surface area contributed by atoms with Gasteiger partial charge in [-0.05, 0) is 68.4 Å². The number of hydrogen-bond donors (Lipinski definition) is 3. The second kappa shape index (κ2) is 13.5. The Labute approximate surface area is 236 Å². The first-order valence-electron chi connectivity index (χ1n) is 13.2. The molecule has 0 fully saturated rings. The van der Waals surface area contributed by atoms with Crippen LogP contribution in [0.25, 0.3) is 11.6 Å². The van der Waals surface area contributed by atoms with Crippen LogP contribution in [0.4, 0.5) is 5.69 Å². The Morgan fingerprint density at radius 1 is 1.18 bits per heavy atom. The van der Waals surface area contributed by atoms with E-state index in [4.69, 9.17) is 4.74 Å². The number of methoxy groups -OCH3 is 1. The van der Waals surface area contributed by atoms with Crippen LogP contribution >= 0.6 is 0 Å². The lowest BCUT2D eigenvalue weighted by atomic mass is 10.0. The molecule has 40 heavy (non-hydrogen) atoms. The van der Waals surface area contributed by atoms with Crippen molar-refractivity contribution in [2.75, 3.05) is 44.4 Å². The van der Waals surface area contributed by atoms with Crippen molar-refractivity contribution in [2.24, 2.45) is 0 Å². The van der Waals surface area contributed by atoms with Crippen molar-refractivity contribution in [1.29, 1.82) is 0 Å². The summed E-state index contributed by atoms with van der Waals surface area (Å²) in [6, 6.07) is 4.56. The molecule has 3 rings (SSSR count). The standard InChI is InChI=1S/C30H38N4O5S/c1-7-34(8-2)15-14-31-30(36)28-21(4)27(32-22(28)5)18-25-24-17-23(12-13-26(24)33-29(25)35)40(37,38)19-20(3)11-9-10-16-39-6/h9-13,16-18,32H,3,7-8,14-15,19H2,1-2,4-6H3,(H,31,36)(H,33,35)/b11-9-,16-10+,25-18-. The van der Waals surface area contributed by atoms with E-state index in [0.717, 1.165) is 19.6 Å². The molecular formula is C30H38N4O5S. The normalized spacial score (nSPS) is 14.3. The highest BCUT2D eigenvalue weighted by Gasteiger charge is 2.28. The second-order valence-electron chi connectivity index (χ2n) is 9.51. The van der Waals surface area contributed by atoms with Crippen molar-refractivity contribution in [3.8, 4) is 0 Å². The molecule has 9 nitrogen and oxygen atoms in total. The number of hydrogen-bond acceptors (Lipinski definition) is 6. The quantitative estimate of drug-likeness (QED) is 0.190. The summed E-state index contributed by atoms with van der Waals surface area (Å²) >= 11 is 0. The van der Waals surface area contributed by atoms with E-state index in [2.05, 4.69) is 40.9 Å². The molecule has 0 spiro atoms. The van der Waals surface area contributed by atoms with E-state index < -0.39 is 9.84 Å². The van der Waals surface area contributed by atoms with Gasteiger partial charge in [-0.25, -0.2) is 8.42 Å². The second-order valence-corrected chi connectivity index (χ2v) is 11.5. The fourth-order valence-corrected chi connectivity index (χ4v) is 5.88. The number of aryl methyl sites for hydroxylation is 1. The first-order chi connectivity index (χ1) is 19.0. The maximum atomic E-state index is 13.1. The zero-order valence-electron chi connectivity index (χ0n) is 23.8. The number of carbonyl (C=O) groups excluding carboxylic acids is 2. The van der Waals surface area contributed by atoms with Crippen molar-refractivity contribution >= 4 is 39.0 Å². The molecule has 0 saturated carbocycles. The number of nitrogens with one attached hydrogen (secondary N) is 3. The third kappa shape index (κ3) is 7.19. The van der Waals surface area contributed by atoms with Crippen LogP contribution < -0.4 is 10.6 Å². The Morgan fingerprint density at radius 2 is 1.90 bits per heavy atom. The first-order valence-corrected chi connectivity index (χ1v) is 14.8. The summed E-state index contributed by atoms with van der Waals surface area (Å²) in [5.74, 6) is -0.802. The highest BCUT2D eigenvalue weighted by molar-refractivity contribution is 7.91. The van der Waals surface area contributed by atoms with Gasteiger partial charge in [0.25, 0.3) is 11.8 Å². The number of ether oxygens (including phenoxy) is 1. The molecular weight excluding hydrogens is 528 g/mol. The van der Waals surface area contributed by atoms with Crippen molar-refractivity contribution in [1.82, 2.24) is 15.2 Å². The number of benzene rings is 1. The number of sulfone groups is 1. The number of fused-ring (bicyclic) bond motifs is 1. The van der Waals surface area contributed by atoms with Gasteiger partial charge in [-0.1, -0.05) is 32.6 Å². The van der Waals surface area contributed by atoms with E-state index in [-0.39, 0.29) is 22.5 Å². The molecule has 214 valence electrons. The van der Waals surface area contributed by atoms with Crippen LogP contribution in [0.3, 0.4) is 0 Å². The molecule has 0 bridgehead atoms. The summed E-state index contributed by atoms with van der Waals surface area (Å²) in [6.07, 6.45) is 8.01. The SMILES string of the molecule is C=C(/C=C\C=C\OC)CS(=O)(=O)c1ccc2c(c1)/C(=C/c1[nH]c(C)c(C(=O)NCCN(CC)CC)c1C)C(=O)N2. The lowest BCUT2D eigenvalue weighted by Crippen LogP contribution is -2.35. The zero-order valence-corrected chi connectivity index (χ0v) is 24.6. The number of aromatic nitrogens is 1. The van der Waals surface area contributed by atoms with Gasteiger partial charge >= 0.3 is 0 Å². The van der Waals surface area contributed by atoms with Gasteiger partial charge in [0.1, 0.15) is 0 Å². The summed E-state index contributed by atoms with van der Waals surface area (Å²) in [4.78, 5) is 31.4. The minimum atomic E-state index is -3.72. The van der Waals surface area contributed by atoms with Crippen molar-refractivity contribution < 1.29 is 22.7 Å². The number of amides is 2. The maximum absolute atomic E-state index is 13.1. The fraction of sp³-hybridized carbons (Fsp3) is 0.333. The Kier molecular flexibility index (Phi) is 10.3. The van der Waals surface area contributed by atoms with Gasteiger partial charge in [-0.15, -0.1) is 0 Å². The third-order valence-corrected chi connectivity index (χ3v) is 8.49. The Balaban J connectivity index is 1.86. The number of anilines is 1. The Hall–Kier alpha value is -3.89. The van der Waals surface area contributed by atoms with Crippen LogP contribution in [0, 0.1) is 13.8 Å². The minimum absolute atomic E-state index is 0.0864. The Morgan fingerprint density at radius 3 is 2.58 bits per heavy atom. The summed E-state index contributed by atoms with van der Waals surface area (Å²) < 4.78 is 31.0. The van der Waals surface area contributed by atoms with E-state index in [0.29, 0.717) is 51.5 Å². The number of H-pyrrole nitrogens is 1. The molecule has 0 radical (unpaired) electrons. The average Bonchev–Trinajstić information content (AvgIpc) is 3.37. The molecule has 10 heteroatoms. The number of rotatable bonds is 13. The summed E-state index contributed by atoms with van der Waals surface area (Å²) in [7, 11) is -2.20. The predicted molar refractivity (Wildman–Crippen MR) is 160 cm³/mol. The van der Waals surface area contributed by atoms with E-state index >= 15 is 0 Å². The van der Waals surface area contributed by atoms with E-state index in [9.17, 15) is 18.0 Å². The fourth-order valence-electron chi connectivity index (χ4n) is 4.55. The lowest BCUT2D eigenvalue weighted by molar-refractivity contribution is -0.110. The summed E-state index contributed by atoms with van der Waals surface area (Å²) in [5.41, 5.74) is 4.27. The largest absolute Gasteiger partial charge is 0.504 e. The zero-order chi connectivity index (χ0) is 29.4. The van der Waals surface area contributed by atoms with Gasteiger partial charge in [0.2, 0.25) is 0 Å². The Bertz CT molecular complexity index is 1480. The molecule has 0 unspecified atom stereocenters. The molecule has 0 aliphatic carbocycles. The molecule has 1 aliphatic heterocycles. The smallest absolute Gasteiger partial charge is 0.256 e. The van der Waals surface area contributed by atoms with Gasteiger partial charge in [-0.2, -0.15) is 0 Å². The molecule has 3 N–H and O–H groups in total. The number of aromatic amines is 1. The van der Waals surface area contributed by atoms with Gasteiger partial charge in [-0.3, -0.25) is 9.59 Å². The molecule has 0 saturated heterocycles. The van der Waals surface area contributed by atoms with Crippen LogP contribution in [0.5, 0.6) is 0 Å². The highest BCUT2D eigenvalue weighted by atomic mass is 32.2. The van der Waals surface area contributed by atoms with Gasteiger partial charge in [0.15, 0.2) is 9.84 Å². The predicted octanol–water partition coefficient (Wildman–Crippen LogP) is 4.24. The summed E-state index contributed by atoms with van der Waals surface area (Å²) in [6.45, 7) is 14.7. The maximum Gasteiger partial charge on any atom is 0.256 e. The summed E-state index contributed by atoms with van der Waals surface area (Å²) in [5, 5.41) is 5.77. The van der Waals surface area contributed by atoms with Crippen LogP contribution in [-0.2, 0) is 19.4 Å². The third-order valence-electron chi connectivity index (χ3n) is 6.77. The highest BCUT2D eigenvalue weighted by Crippen LogP contribution is 2.36. The van der Waals surface area contributed by atoms with Crippen molar-refractivity contribution in [3.05, 3.63) is 82.9 Å². The lowest BCUT2D eigenvalue weighted by Gasteiger charge is -2.18. The van der Waals surface area contributed by atoms with Crippen LogP contribution in [0.2, 0.25) is 0 Å². The van der Waals surface area contributed by atoms with Gasteiger partial charge in [0, 0.05) is 35.7 Å². The number of nitrogens with zero attached hydrogens (tertiary/aromatic N) is 1. The molecule has 1 aliphatic rings.